The van der Waals surface area contributed by atoms with E-state index >= 15 is 0 Å². The van der Waals surface area contributed by atoms with Crippen LogP contribution in [0.25, 0.3) is 6.08 Å². The third-order valence-corrected chi connectivity index (χ3v) is 10.6. The van der Waals surface area contributed by atoms with E-state index in [-0.39, 0.29) is 24.8 Å². The molecule has 1 aliphatic rings. The Labute approximate surface area is 110 Å². The molecule has 0 N–H and O–H groups in total. The van der Waals surface area contributed by atoms with Gasteiger partial charge in [-0.3, -0.25) is 0 Å². The number of fused-ring (bicyclic) bond motifs is 1. The van der Waals surface area contributed by atoms with Crippen molar-refractivity contribution in [1.82, 2.24) is 0 Å². The van der Waals surface area contributed by atoms with Crippen LogP contribution in [0.5, 0.6) is 0 Å². The fraction of sp³-hybridized carbons (Fsp3) is 0.273. The molecule has 0 aliphatic heterocycles. The van der Waals surface area contributed by atoms with Gasteiger partial charge in [-0.15, -0.1) is 24.8 Å². The number of rotatable bonds is 1. The van der Waals surface area contributed by atoms with E-state index in [0.29, 0.717) is 0 Å². The predicted octanol–water partition coefficient (Wildman–Crippen LogP) is 3.40. The molecule has 4 heteroatoms. The van der Waals surface area contributed by atoms with Gasteiger partial charge in [0.1, 0.15) is 0 Å². The van der Waals surface area contributed by atoms with E-state index in [4.69, 9.17) is 0 Å². The van der Waals surface area contributed by atoms with E-state index in [0.717, 1.165) is 3.63 Å². The van der Waals surface area contributed by atoms with E-state index in [1.807, 2.05) is 0 Å². The van der Waals surface area contributed by atoms with Crippen molar-refractivity contribution in [3.05, 3.63) is 41.5 Å². The van der Waals surface area contributed by atoms with Crippen LogP contribution in [0.3, 0.4) is 0 Å². The second-order valence-electron chi connectivity index (χ2n) is 4.45. The summed E-state index contributed by atoms with van der Waals surface area (Å²) in [6.07, 6.45) is 4.72. The normalized spacial score (nSPS) is 17.6. The average Bonchev–Trinajstić information content (AvgIpc) is 2.45. The van der Waals surface area contributed by atoms with Gasteiger partial charge in [-0.25, -0.2) is 0 Å². The number of hydrogen-bond donors (Lipinski definition) is 0. The molecule has 0 amide bonds. The van der Waals surface area contributed by atoms with Crippen LogP contribution >= 0.6 is 24.8 Å². The maximum atomic E-state index is 2.52. The molecular weight excluding hydrogens is 322 g/mol. The number of allylic oxidation sites excluding steroid dienone is 1. The van der Waals surface area contributed by atoms with Crippen LogP contribution in [0.15, 0.2) is 30.3 Å². The fourth-order valence-corrected chi connectivity index (χ4v) is 8.27. The molecule has 0 spiro atoms. The first-order valence-electron chi connectivity index (χ1n) is 4.71. The standard InChI is InChI=1S/C9H7.2CH3.2ClH.H2Si.Zr/c1-2-5-9-7-3-6-8(9)4-1;;;;;;/h1-7H;2*1H3;2*1H;1H2;. The van der Waals surface area contributed by atoms with Gasteiger partial charge in [-0.05, 0) is 0 Å². The Morgan fingerprint density at radius 2 is 1.73 bits per heavy atom. The van der Waals surface area contributed by atoms with Crippen LogP contribution in [0.2, 0.25) is 9.26 Å². The van der Waals surface area contributed by atoms with Crippen molar-refractivity contribution >= 4 is 37.8 Å². The number of hydrogen-bond acceptors (Lipinski definition) is 0. The molecule has 1 aliphatic carbocycles. The van der Waals surface area contributed by atoms with Gasteiger partial charge in [-0.1, -0.05) is 0 Å². The Bertz CT molecular complexity index is 409. The van der Waals surface area contributed by atoms with Crippen LogP contribution in [-0.2, 0) is 18.9 Å². The van der Waals surface area contributed by atoms with Crippen molar-refractivity contribution in [3.63, 3.8) is 0 Å². The Morgan fingerprint density at radius 1 is 1.13 bits per heavy atom. The van der Waals surface area contributed by atoms with Crippen LogP contribution in [0.1, 0.15) is 14.8 Å². The Morgan fingerprint density at radius 3 is 2.33 bits per heavy atom. The fourth-order valence-electron chi connectivity index (χ4n) is 1.93. The SMILES string of the molecule is Cl.Cl.[CH3][Zr]([CH3])(=[SiH2])[CH]1C=Cc2ccccc21. The van der Waals surface area contributed by atoms with Crippen molar-refractivity contribution < 1.29 is 18.9 Å². The van der Waals surface area contributed by atoms with Gasteiger partial charge < -0.3 is 0 Å². The first-order chi connectivity index (χ1) is 6.09. The van der Waals surface area contributed by atoms with Crippen LogP contribution in [-0.4, -0.2) is 6.88 Å². The van der Waals surface area contributed by atoms with Gasteiger partial charge in [0.25, 0.3) is 0 Å². The molecule has 1 aromatic carbocycles. The first kappa shape index (κ1) is 15.6. The zero-order valence-electron chi connectivity index (χ0n) is 9.07. The van der Waals surface area contributed by atoms with Gasteiger partial charge in [0.15, 0.2) is 0 Å². The van der Waals surface area contributed by atoms with Gasteiger partial charge in [0.2, 0.25) is 0 Å². The minimum atomic E-state index is -1.75. The third-order valence-electron chi connectivity index (χ3n) is 2.64. The second-order valence-corrected chi connectivity index (χ2v) is 26.5. The molecule has 0 fully saturated rings. The monoisotopic (exact) mass is 337 g/mol. The number of halogens is 2. The molecule has 0 radical (unpaired) electrons. The summed E-state index contributed by atoms with van der Waals surface area (Å²) in [4.78, 5) is 0. The van der Waals surface area contributed by atoms with Gasteiger partial charge >= 0.3 is 86.2 Å². The third kappa shape index (κ3) is 3.30. The van der Waals surface area contributed by atoms with E-state index in [1.54, 1.807) is 5.56 Å². The minimum absolute atomic E-state index is 0. The van der Waals surface area contributed by atoms with Gasteiger partial charge in [0, 0.05) is 0 Å². The van der Waals surface area contributed by atoms with Crippen LogP contribution in [0.4, 0.5) is 0 Å². The molecule has 83 valence electrons. The van der Waals surface area contributed by atoms with E-state index in [2.05, 4.69) is 52.6 Å². The Kier molecular flexibility index (Phi) is 6.06. The topological polar surface area (TPSA) is 0 Å². The summed E-state index contributed by atoms with van der Waals surface area (Å²) in [6, 6.07) is 8.82. The van der Waals surface area contributed by atoms with E-state index in [1.165, 1.54) is 5.56 Å². The molecule has 0 heterocycles. The quantitative estimate of drug-likeness (QED) is 0.688. The molecule has 1 atom stereocenters. The van der Waals surface area contributed by atoms with Gasteiger partial charge in [-0.2, -0.15) is 0 Å². The van der Waals surface area contributed by atoms with Crippen LogP contribution in [0, 0.1) is 0 Å². The maximum absolute atomic E-state index is 2.52. The molecule has 1 unspecified atom stereocenters. The first-order valence-corrected chi connectivity index (χ1v) is 17.0. The van der Waals surface area contributed by atoms with Gasteiger partial charge in [0.05, 0.1) is 0 Å². The molecule has 0 saturated heterocycles. The van der Waals surface area contributed by atoms with Crippen molar-refractivity contribution in [3.8, 4) is 0 Å². The molecule has 0 saturated carbocycles. The van der Waals surface area contributed by atoms with Crippen molar-refractivity contribution in [2.24, 2.45) is 0 Å². The molecule has 0 aromatic heterocycles. The molecular formula is C11H17Cl2SiZr. The van der Waals surface area contributed by atoms with Crippen LogP contribution < -0.4 is 0 Å². The zero-order valence-corrected chi connectivity index (χ0v) is 14.6. The summed E-state index contributed by atoms with van der Waals surface area (Å²) < 4.78 is 5.85. The molecule has 0 bridgehead atoms. The second kappa shape index (κ2) is 5.82. The summed E-state index contributed by atoms with van der Waals surface area (Å²) in [5.41, 5.74) is 3.03. The van der Waals surface area contributed by atoms with E-state index < -0.39 is 18.9 Å². The zero-order chi connectivity index (χ0) is 9.47. The Balaban J connectivity index is 0.000000980. The predicted molar refractivity (Wildman–Crippen MR) is 73.0 cm³/mol. The van der Waals surface area contributed by atoms with Crippen molar-refractivity contribution in [2.75, 3.05) is 0 Å². The summed E-state index contributed by atoms with van der Waals surface area (Å²) >= 11 is -1.75. The molecule has 0 nitrogen and oxygen atoms in total. The average molecular weight is 339 g/mol. The summed E-state index contributed by atoms with van der Waals surface area (Å²) in [7, 11) is 0. The summed E-state index contributed by atoms with van der Waals surface area (Å²) in [5, 5.41) is 0. The van der Waals surface area contributed by atoms with Crippen molar-refractivity contribution in [1.29, 1.82) is 0 Å². The molecule has 2 rings (SSSR count). The summed E-state index contributed by atoms with van der Waals surface area (Å²) in [5.74, 6) is 0. The Hall–Kier alpha value is 0.640. The molecule has 15 heavy (non-hydrogen) atoms. The van der Waals surface area contributed by atoms with Crippen molar-refractivity contribution in [2.45, 2.75) is 12.9 Å². The summed E-state index contributed by atoms with van der Waals surface area (Å²) in [6.45, 7) is 2.29. The van der Waals surface area contributed by atoms with E-state index in [9.17, 15) is 0 Å². The number of benzene rings is 1. The molecule has 1 aromatic rings.